The van der Waals surface area contributed by atoms with Gasteiger partial charge in [-0.2, -0.15) is 5.10 Å². The van der Waals surface area contributed by atoms with Gasteiger partial charge in [-0.05, 0) is 19.9 Å². The molecule has 2 aliphatic rings. The van der Waals surface area contributed by atoms with Gasteiger partial charge in [0.2, 0.25) is 5.91 Å². The number of likely N-dealkylation sites (tertiary alicyclic amines) is 1. The van der Waals surface area contributed by atoms with Crippen molar-refractivity contribution in [2.24, 2.45) is 5.10 Å². The highest BCUT2D eigenvalue weighted by Gasteiger charge is 2.61. The fourth-order valence-electron chi connectivity index (χ4n) is 3.73. The van der Waals surface area contributed by atoms with E-state index >= 15 is 0 Å². The van der Waals surface area contributed by atoms with Crippen molar-refractivity contribution in [2.75, 3.05) is 7.05 Å². The van der Waals surface area contributed by atoms with Crippen molar-refractivity contribution in [1.29, 1.82) is 0 Å². The van der Waals surface area contributed by atoms with Crippen LogP contribution in [-0.2, 0) is 9.59 Å². The van der Waals surface area contributed by atoms with Crippen LogP contribution in [0.2, 0.25) is 0 Å². The number of amides is 2. The Morgan fingerprint density at radius 2 is 2.08 bits per heavy atom. The Morgan fingerprint density at radius 3 is 2.58 bits per heavy atom. The standard InChI is InChI=1S/C15H18N4O5/c1-9(20)18-13(21)15(8-14(18,2)3)7-10(16-17(15)4)11-5-6-12(24-11)19(22)23/h5-6H,7-8H2,1-4H3/t15-/m0/s1. The van der Waals surface area contributed by atoms with E-state index in [1.807, 2.05) is 13.8 Å². The fourth-order valence-corrected chi connectivity index (χ4v) is 3.73. The van der Waals surface area contributed by atoms with Crippen molar-refractivity contribution in [3.05, 3.63) is 28.0 Å². The van der Waals surface area contributed by atoms with E-state index in [9.17, 15) is 19.7 Å². The summed E-state index contributed by atoms with van der Waals surface area (Å²) in [7, 11) is 1.67. The number of furan rings is 1. The number of nitrogens with zero attached hydrogens (tertiary/aromatic N) is 4. The van der Waals surface area contributed by atoms with Gasteiger partial charge < -0.3 is 4.42 Å². The number of hydrazone groups is 1. The molecular formula is C15H18N4O5. The topological polar surface area (TPSA) is 109 Å². The zero-order valence-electron chi connectivity index (χ0n) is 13.9. The number of likely N-dealkylation sites (N-methyl/N-ethyl adjacent to an activating group) is 1. The largest absolute Gasteiger partial charge is 0.433 e. The van der Waals surface area contributed by atoms with Gasteiger partial charge in [0, 0.05) is 32.4 Å². The average molecular weight is 334 g/mol. The SMILES string of the molecule is CC(=O)N1C(=O)[C@]2(CC(c3ccc([N+](=O)[O-])o3)=NN2C)CC1(C)C. The van der Waals surface area contributed by atoms with Crippen molar-refractivity contribution in [1.82, 2.24) is 9.91 Å². The molecule has 2 amide bonds. The third-order valence-corrected chi connectivity index (χ3v) is 4.65. The van der Waals surface area contributed by atoms with Crippen molar-refractivity contribution >= 4 is 23.4 Å². The third-order valence-electron chi connectivity index (χ3n) is 4.65. The minimum atomic E-state index is -0.966. The molecule has 1 aromatic rings. The molecule has 1 spiro atoms. The lowest BCUT2D eigenvalue weighted by atomic mass is 9.85. The molecule has 0 radical (unpaired) electrons. The molecule has 9 heteroatoms. The first-order valence-electron chi connectivity index (χ1n) is 7.50. The highest BCUT2D eigenvalue weighted by Crippen LogP contribution is 2.45. The van der Waals surface area contributed by atoms with Crippen molar-refractivity contribution in [2.45, 2.75) is 44.7 Å². The molecule has 128 valence electrons. The van der Waals surface area contributed by atoms with E-state index in [2.05, 4.69) is 5.10 Å². The number of hydrogen-bond acceptors (Lipinski definition) is 7. The van der Waals surface area contributed by atoms with Crippen molar-refractivity contribution < 1.29 is 18.9 Å². The molecule has 2 aliphatic heterocycles. The second-order valence-electron chi connectivity index (χ2n) is 6.82. The Balaban J connectivity index is 1.94. The summed E-state index contributed by atoms with van der Waals surface area (Å²) in [5.74, 6) is -0.725. The van der Waals surface area contributed by atoms with Gasteiger partial charge in [-0.25, -0.2) is 0 Å². The Hall–Kier alpha value is -2.71. The Labute approximate surface area is 138 Å². The highest BCUT2D eigenvalue weighted by atomic mass is 16.6. The lowest BCUT2D eigenvalue weighted by Crippen LogP contribution is -2.49. The maximum Gasteiger partial charge on any atom is 0.433 e. The molecule has 24 heavy (non-hydrogen) atoms. The van der Waals surface area contributed by atoms with Gasteiger partial charge >= 0.3 is 5.88 Å². The Bertz CT molecular complexity index is 781. The number of rotatable bonds is 2. The molecule has 0 aliphatic carbocycles. The second kappa shape index (κ2) is 4.89. The van der Waals surface area contributed by atoms with Crippen LogP contribution in [0.1, 0.15) is 39.4 Å². The fraction of sp³-hybridized carbons (Fsp3) is 0.533. The highest BCUT2D eigenvalue weighted by molar-refractivity contribution is 6.09. The van der Waals surface area contributed by atoms with Crippen LogP contribution in [0.4, 0.5) is 5.88 Å². The van der Waals surface area contributed by atoms with Gasteiger partial charge in [-0.3, -0.25) is 29.6 Å². The van der Waals surface area contributed by atoms with Crippen molar-refractivity contribution in [3.63, 3.8) is 0 Å². The molecule has 0 bridgehead atoms. The summed E-state index contributed by atoms with van der Waals surface area (Å²) in [6.07, 6.45) is 0.658. The van der Waals surface area contributed by atoms with E-state index in [0.717, 1.165) is 0 Å². The van der Waals surface area contributed by atoms with Crippen molar-refractivity contribution in [3.8, 4) is 0 Å². The minimum Gasteiger partial charge on any atom is -0.399 e. The lowest BCUT2D eigenvalue weighted by Gasteiger charge is -2.28. The first-order valence-corrected chi connectivity index (χ1v) is 7.50. The Morgan fingerprint density at radius 1 is 1.42 bits per heavy atom. The normalized spacial score (nSPS) is 25.5. The summed E-state index contributed by atoms with van der Waals surface area (Å²) in [5.41, 5.74) is -1.14. The zero-order chi connectivity index (χ0) is 17.9. The second-order valence-corrected chi connectivity index (χ2v) is 6.82. The molecule has 1 saturated heterocycles. The molecule has 1 fully saturated rings. The van der Waals surface area contributed by atoms with E-state index in [0.29, 0.717) is 12.1 Å². The number of imide groups is 1. The zero-order valence-corrected chi connectivity index (χ0v) is 13.9. The van der Waals surface area contributed by atoms with Gasteiger partial charge in [0.05, 0.1) is 6.07 Å². The third kappa shape index (κ3) is 2.11. The summed E-state index contributed by atoms with van der Waals surface area (Å²) in [6.45, 7) is 5.04. The summed E-state index contributed by atoms with van der Waals surface area (Å²) < 4.78 is 5.19. The first-order chi connectivity index (χ1) is 11.1. The predicted octanol–water partition coefficient (Wildman–Crippen LogP) is 1.52. The van der Waals surface area contributed by atoms with Crippen LogP contribution in [0.15, 0.2) is 21.7 Å². The van der Waals surface area contributed by atoms with Gasteiger partial charge in [0.15, 0.2) is 5.76 Å². The summed E-state index contributed by atoms with van der Waals surface area (Å²) >= 11 is 0. The van der Waals surface area contributed by atoms with E-state index < -0.39 is 16.0 Å². The molecule has 1 aromatic heterocycles. The average Bonchev–Trinajstić information content (AvgIpc) is 3.08. The quantitative estimate of drug-likeness (QED) is 0.599. The minimum absolute atomic E-state index is 0.236. The van der Waals surface area contributed by atoms with Crippen LogP contribution in [-0.4, -0.2) is 50.5 Å². The maximum absolute atomic E-state index is 12.9. The van der Waals surface area contributed by atoms with Gasteiger partial charge in [-0.1, -0.05) is 0 Å². The van der Waals surface area contributed by atoms with Gasteiger partial charge in [0.25, 0.3) is 5.91 Å². The number of nitro groups is 1. The molecule has 0 N–H and O–H groups in total. The number of hydrogen-bond donors (Lipinski definition) is 0. The lowest BCUT2D eigenvalue weighted by molar-refractivity contribution is -0.402. The van der Waals surface area contributed by atoms with Crippen LogP contribution in [0.25, 0.3) is 0 Å². The number of carbonyl (C=O) groups is 2. The molecule has 0 unspecified atom stereocenters. The molecule has 0 saturated carbocycles. The smallest absolute Gasteiger partial charge is 0.399 e. The van der Waals surface area contributed by atoms with Crippen LogP contribution >= 0.6 is 0 Å². The van der Waals surface area contributed by atoms with Crippen LogP contribution < -0.4 is 0 Å². The summed E-state index contributed by atoms with van der Waals surface area (Å²) in [5, 5.41) is 16.7. The molecule has 0 aromatic carbocycles. The first kappa shape index (κ1) is 16.2. The molecule has 3 rings (SSSR count). The van der Waals surface area contributed by atoms with E-state index in [1.54, 1.807) is 12.1 Å². The summed E-state index contributed by atoms with van der Waals surface area (Å²) in [6, 6.07) is 2.72. The molecular weight excluding hydrogens is 316 g/mol. The van der Waals surface area contributed by atoms with Crippen LogP contribution in [0.3, 0.4) is 0 Å². The number of carbonyl (C=O) groups excluding carboxylic acids is 2. The van der Waals surface area contributed by atoms with E-state index in [4.69, 9.17) is 4.42 Å². The van der Waals surface area contributed by atoms with Crippen LogP contribution in [0, 0.1) is 10.1 Å². The van der Waals surface area contributed by atoms with Gasteiger partial charge in [0.1, 0.15) is 16.2 Å². The van der Waals surface area contributed by atoms with E-state index in [1.165, 1.54) is 24.0 Å². The summed E-state index contributed by atoms with van der Waals surface area (Å²) in [4.78, 5) is 36.2. The maximum atomic E-state index is 12.9. The molecule has 1 atom stereocenters. The Kier molecular flexibility index (Phi) is 3.29. The predicted molar refractivity (Wildman–Crippen MR) is 83.2 cm³/mol. The van der Waals surface area contributed by atoms with E-state index in [-0.39, 0.29) is 29.9 Å². The molecule has 9 nitrogen and oxygen atoms in total. The van der Waals surface area contributed by atoms with Gasteiger partial charge in [-0.15, -0.1) is 0 Å². The van der Waals surface area contributed by atoms with Crippen LogP contribution in [0.5, 0.6) is 0 Å². The molecule has 3 heterocycles. The monoisotopic (exact) mass is 334 g/mol.